The minimum atomic E-state index is 0.862. The zero-order chi connectivity index (χ0) is 13.0. The number of piperidine rings is 1. The minimum Gasteiger partial charge on any atom is -0.337 e. The Hall–Kier alpha value is -0.870. The van der Waals surface area contributed by atoms with Crippen LogP contribution in [0, 0.1) is 5.92 Å². The van der Waals surface area contributed by atoms with E-state index in [1.807, 2.05) is 12.4 Å². The van der Waals surface area contributed by atoms with Crippen LogP contribution in [-0.2, 0) is 13.6 Å². The number of likely N-dealkylation sites (tertiary alicyclic amines) is 1. The molecule has 1 aliphatic rings. The van der Waals surface area contributed by atoms with Crippen LogP contribution in [0.5, 0.6) is 0 Å². The summed E-state index contributed by atoms with van der Waals surface area (Å²) < 4.78 is 2.13. The highest BCUT2D eigenvalue weighted by atomic mass is 15.2. The highest BCUT2D eigenvalue weighted by Gasteiger charge is 2.20. The Bertz CT molecular complexity index is 358. The van der Waals surface area contributed by atoms with Crippen molar-refractivity contribution in [2.75, 3.05) is 33.7 Å². The van der Waals surface area contributed by atoms with Crippen molar-refractivity contribution in [3.8, 4) is 0 Å². The first-order valence-corrected chi connectivity index (χ1v) is 6.98. The summed E-state index contributed by atoms with van der Waals surface area (Å²) in [5.41, 5.74) is 0. The van der Waals surface area contributed by atoms with Crippen LogP contribution in [0.15, 0.2) is 12.4 Å². The van der Waals surface area contributed by atoms with Crippen molar-refractivity contribution in [2.24, 2.45) is 13.0 Å². The molecule has 0 unspecified atom stereocenters. The molecule has 0 amide bonds. The van der Waals surface area contributed by atoms with Gasteiger partial charge < -0.3 is 9.47 Å². The van der Waals surface area contributed by atoms with Crippen molar-refractivity contribution >= 4 is 0 Å². The monoisotopic (exact) mass is 250 g/mol. The molecule has 0 spiro atoms. The fourth-order valence-electron chi connectivity index (χ4n) is 2.72. The van der Waals surface area contributed by atoms with Crippen LogP contribution in [0.3, 0.4) is 0 Å². The van der Waals surface area contributed by atoms with E-state index in [0.29, 0.717) is 0 Å². The lowest BCUT2D eigenvalue weighted by molar-refractivity contribution is 0.150. The van der Waals surface area contributed by atoms with Gasteiger partial charge in [0.2, 0.25) is 0 Å². The van der Waals surface area contributed by atoms with E-state index in [1.165, 1.54) is 44.7 Å². The maximum Gasteiger partial charge on any atom is 0.122 e. The van der Waals surface area contributed by atoms with E-state index < -0.39 is 0 Å². The van der Waals surface area contributed by atoms with Crippen molar-refractivity contribution in [1.82, 2.24) is 19.4 Å². The first-order chi connectivity index (χ1) is 8.65. The van der Waals surface area contributed by atoms with Crippen LogP contribution in [0.2, 0.25) is 0 Å². The molecule has 1 aliphatic heterocycles. The molecule has 0 bridgehead atoms. The van der Waals surface area contributed by atoms with Crippen molar-refractivity contribution < 1.29 is 0 Å². The molecule has 2 rings (SSSR count). The van der Waals surface area contributed by atoms with Gasteiger partial charge in [0.1, 0.15) is 5.82 Å². The molecule has 1 atom stereocenters. The third kappa shape index (κ3) is 3.82. The molecule has 18 heavy (non-hydrogen) atoms. The number of hydrogen-bond donors (Lipinski definition) is 0. The van der Waals surface area contributed by atoms with E-state index >= 15 is 0 Å². The van der Waals surface area contributed by atoms with Crippen molar-refractivity contribution in [3.05, 3.63) is 18.2 Å². The maximum absolute atomic E-state index is 4.42. The molecule has 0 saturated carbocycles. The lowest BCUT2D eigenvalue weighted by Crippen LogP contribution is -2.36. The number of nitrogens with zero attached hydrogens (tertiary/aromatic N) is 4. The first-order valence-electron chi connectivity index (χ1n) is 6.98. The summed E-state index contributed by atoms with van der Waals surface area (Å²) in [6.45, 7) is 4.68. The molecule has 1 saturated heterocycles. The quantitative estimate of drug-likeness (QED) is 0.793. The third-order valence-corrected chi connectivity index (χ3v) is 3.87. The molecule has 0 N–H and O–H groups in total. The Morgan fingerprint density at radius 2 is 2.28 bits per heavy atom. The molecule has 102 valence electrons. The second kappa shape index (κ2) is 6.34. The van der Waals surface area contributed by atoms with Gasteiger partial charge in [-0.2, -0.15) is 0 Å². The topological polar surface area (TPSA) is 24.3 Å². The van der Waals surface area contributed by atoms with Gasteiger partial charge >= 0.3 is 0 Å². The predicted octanol–water partition coefficient (Wildman–Crippen LogP) is 1.58. The zero-order valence-corrected chi connectivity index (χ0v) is 12.0. The lowest BCUT2D eigenvalue weighted by Gasteiger charge is -2.33. The molecule has 0 aliphatic carbocycles. The van der Waals surface area contributed by atoms with Gasteiger partial charge in [-0.1, -0.05) is 0 Å². The molecular weight excluding hydrogens is 224 g/mol. The second-order valence-corrected chi connectivity index (χ2v) is 5.79. The van der Waals surface area contributed by atoms with E-state index in [0.717, 1.165) is 12.5 Å². The van der Waals surface area contributed by atoms with Crippen LogP contribution in [-0.4, -0.2) is 53.1 Å². The number of aryl methyl sites for hydroxylation is 1. The summed E-state index contributed by atoms with van der Waals surface area (Å²) in [5, 5.41) is 0. The summed E-state index contributed by atoms with van der Waals surface area (Å²) in [6.07, 6.45) is 7.98. The van der Waals surface area contributed by atoms with Crippen LogP contribution in [0.4, 0.5) is 0 Å². The summed E-state index contributed by atoms with van der Waals surface area (Å²) in [5.74, 6) is 2.05. The number of imidazole rings is 1. The highest BCUT2D eigenvalue weighted by molar-refractivity contribution is 4.91. The van der Waals surface area contributed by atoms with Crippen LogP contribution >= 0.6 is 0 Å². The van der Waals surface area contributed by atoms with Gasteiger partial charge in [-0.25, -0.2) is 4.98 Å². The SMILES string of the molecule is CN(C)CC[C@@H]1CCCN(Cc2nccn2C)C1. The van der Waals surface area contributed by atoms with Gasteiger partial charge in [0.15, 0.2) is 0 Å². The smallest absolute Gasteiger partial charge is 0.122 e. The summed E-state index contributed by atoms with van der Waals surface area (Å²) in [6, 6.07) is 0. The Kier molecular flexibility index (Phi) is 4.78. The Morgan fingerprint density at radius 1 is 1.44 bits per heavy atom. The molecule has 1 fully saturated rings. The molecule has 4 heteroatoms. The standard InChI is InChI=1S/C14H26N4/c1-16(2)9-6-13-5-4-8-18(11-13)12-14-15-7-10-17(14)3/h7,10,13H,4-6,8-9,11-12H2,1-3H3/t13-/m0/s1. The highest BCUT2D eigenvalue weighted by Crippen LogP contribution is 2.20. The summed E-state index contributed by atoms with van der Waals surface area (Å²) in [7, 11) is 6.40. The molecule has 0 aromatic carbocycles. The number of hydrogen-bond acceptors (Lipinski definition) is 3. The van der Waals surface area contributed by atoms with E-state index in [9.17, 15) is 0 Å². The van der Waals surface area contributed by atoms with E-state index in [1.54, 1.807) is 0 Å². The normalized spacial score (nSPS) is 21.7. The fraction of sp³-hybridized carbons (Fsp3) is 0.786. The molecule has 0 radical (unpaired) electrons. The zero-order valence-electron chi connectivity index (χ0n) is 12.0. The Labute approximate surface area is 111 Å². The average Bonchev–Trinajstić information content (AvgIpc) is 2.73. The fourth-order valence-corrected chi connectivity index (χ4v) is 2.72. The lowest BCUT2D eigenvalue weighted by atomic mass is 9.94. The van der Waals surface area contributed by atoms with Crippen molar-refractivity contribution in [1.29, 1.82) is 0 Å². The molecule has 2 heterocycles. The third-order valence-electron chi connectivity index (χ3n) is 3.87. The van der Waals surface area contributed by atoms with Crippen LogP contribution in [0.1, 0.15) is 25.1 Å². The largest absolute Gasteiger partial charge is 0.337 e. The van der Waals surface area contributed by atoms with Gasteiger partial charge in [-0.05, 0) is 52.4 Å². The molecule has 1 aromatic heterocycles. The van der Waals surface area contributed by atoms with E-state index in [-0.39, 0.29) is 0 Å². The first kappa shape index (κ1) is 13.6. The predicted molar refractivity (Wildman–Crippen MR) is 74.4 cm³/mol. The second-order valence-electron chi connectivity index (χ2n) is 5.79. The van der Waals surface area contributed by atoms with Crippen molar-refractivity contribution in [2.45, 2.75) is 25.8 Å². The van der Waals surface area contributed by atoms with E-state index in [4.69, 9.17) is 0 Å². The van der Waals surface area contributed by atoms with Gasteiger partial charge in [-0.15, -0.1) is 0 Å². The van der Waals surface area contributed by atoms with E-state index in [2.05, 4.69) is 40.5 Å². The molecule has 1 aromatic rings. The van der Waals surface area contributed by atoms with Gasteiger partial charge in [0, 0.05) is 26.0 Å². The Morgan fingerprint density at radius 3 is 2.94 bits per heavy atom. The molecule has 4 nitrogen and oxygen atoms in total. The number of rotatable bonds is 5. The van der Waals surface area contributed by atoms with Crippen LogP contribution < -0.4 is 0 Å². The van der Waals surface area contributed by atoms with Crippen LogP contribution in [0.25, 0.3) is 0 Å². The maximum atomic E-state index is 4.42. The van der Waals surface area contributed by atoms with Gasteiger partial charge in [0.25, 0.3) is 0 Å². The summed E-state index contributed by atoms with van der Waals surface area (Å²) in [4.78, 5) is 9.27. The van der Waals surface area contributed by atoms with Gasteiger partial charge in [-0.3, -0.25) is 4.90 Å². The number of aromatic nitrogens is 2. The molecular formula is C14H26N4. The summed E-state index contributed by atoms with van der Waals surface area (Å²) >= 11 is 0. The van der Waals surface area contributed by atoms with Gasteiger partial charge in [0.05, 0.1) is 6.54 Å². The van der Waals surface area contributed by atoms with Crippen molar-refractivity contribution in [3.63, 3.8) is 0 Å². The minimum absolute atomic E-state index is 0.862. The Balaban J connectivity index is 1.81. The average molecular weight is 250 g/mol.